The summed E-state index contributed by atoms with van der Waals surface area (Å²) in [5, 5.41) is 3.39. The van der Waals surface area contributed by atoms with Crippen LogP contribution < -0.4 is 5.32 Å². The summed E-state index contributed by atoms with van der Waals surface area (Å²) in [5.41, 5.74) is 0.363. The summed E-state index contributed by atoms with van der Waals surface area (Å²) in [6.45, 7) is 8.09. The first-order valence-electron chi connectivity index (χ1n) is 8.37. The molecule has 0 radical (unpaired) electrons. The average molecular weight is 281 g/mol. The zero-order valence-corrected chi connectivity index (χ0v) is 13.2. The van der Waals surface area contributed by atoms with Gasteiger partial charge in [-0.3, -0.25) is 0 Å². The minimum Gasteiger partial charge on any atom is -0.381 e. The first kappa shape index (κ1) is 14.8. The molecule has 0 aliphatic carbocycles. The van der Waals surface area contributed by atoms with Crippen molar-refractivity contribution in [2.75, 3.05) is 60.0 Å². The van der Waals surface area contributed by atoms with Gasteiger partial charge in [0.1, 0.15) is 0 Å². The molecule has 0 saturated carbocycles. The zero-order valence-electron chi connectivity index (χ0n) is 13.2. The summed E-state index contributed by atoms with van der Waals surface area (Å²) in [6, 6.07) is 0.847. The number of nitrogens with one attached hydrogen (secondary N) is 1. The molecule has 0 aromatic rings. The molecule has 3 heterocycles. The van der Waals surface area contributed by atoms with Gasteiger partial charge in [0.05, 0.1) is 6.61 Å². The van der Waals surface area contributed by atoms with Crippen LogP contribution in [0, 0.1) is 11.3 Å². The lowest BCUT2D eigenvalue weighted by Gasteiger charge is -2.47. The fourth-order valence-electron chi connectivity index (χ4n) is 4.69. The summed E-state index contributed by atoms with van der Waals surface area (Å²) < 4.78 is 5.70. The van der Waals surface area contributed by atoms with Gasteiger partial charge in [-0.25, -0.2) is 0 Å². The highest BCUT2D eigenvalue weighted by Crippen LogP contribution is 2.34. The van der Waals surface area contributed by atoms with Gasteiger partial charge in [-0.15, -0.1) is 0 Å². The van der Waals surface area contributed by atoms with Crippen molar-refractivity contribution in [2.45, 2.75) is 31.7 Å². The first-order chi connectivity index (χ1) is 9.72. The van der Waals surface area contributed by atoms with E-state index in [2.05, 4.69) is 29.2 Å². The fourth-order valence-corrected chi connectivity index (χ4v) is 4.69. The van der Waals surface area contributed by atoms with Gasteiger partial charge in [0.2, 0.25) is 0 Å². The van der Waals surface area contributed by atoms with Crippen LogP contribution in [0.25, 0.3) is 0 Å². The second kappa shape index (κ2) is 6.30. The van der Waals surface area contributed by atoms with E-state index in [9.17, 15) is 0 Å². The van der Waals surface area contributed by atoms with Crippen molar-refractivity contribution in [2.24, 2.45) is 11.3 Å². The second-order valence-corrected chi connectivity index (χ2v) is 7.31. The molecule has 3 fully saturated rings. The SMILES string of the molecule is CNCC1(CN2CCC3C(CCCN3C)C2)CCOC1. The van der Waals surface area contributed by atoms with Gasteiger partial charge in [0, 0.05) is 37.7 Å². The van der Waals surface area contributed by atoms with E-state index in [1.165, 1.54) is 51.9 Å². The van der Waals surface area contributed by atoms with Crippen LogP contribution in [0.4, 0.5) is 0 Å². The molecule has 0 aromatic heterocycles. The van der Waals surface area contributed by atoms with Crippen molar-refractivity contribution in [3.8, 4) is 0 Å². The summed E-state index contributed by atoms with van der Waals surface area (Å²) in [4.78, 5) is 5.33. The van der Waals surface area contributed by atoms with Crippen molar-refractivity contribution >= 4 is 0 Å². The summed E-state index contributed by atoms with van der Waals surface area (Å²) >= 11 is 0. The molecule has 3 aliphatic rings. The van der Waals surface area contributed by atoms with Crippen LogP contribution in [0.2, 0.25) is 0 Å². The van der Waals surface area contributed by atoms with Crippen LogP contribution >= 0.6 is 0 Å². The lowest BCUT2D eigenvalue weighted by Crippen LogP contribution is -2.55. The van der Waals surface area contributed by atoms with Crippen LogP contribution in [-0.2, 0) is 4.74 Å². The monoisotopic (exact) mass is 281 g/mol. The van der Waals surface area contributed by atoms with Crippen LogP contribution in [0.1, 0.15) is 25.7 Å². The Balaban J connectivity index is 1.58. The number of hydrogen-bond acceptors (Lipinski definition) is 4. The van der Waals surface area contributed by atoms with Gasteiger partial charge >= 0.3 is 0 Å². The highest BCUT2D eigenvalue weighted by atomic mass is 16.5. The summed E-state index contributed by atoms with van der Waals surface area (Å²) in [5.74, 6) is 0.899. The first-order valence-corrected chi connectivity index (χ1v) is 8.37. The Hall–Kier alpha value is -0.160. The quantitative estimate of drug-likeness (QED) is 0.833. The number of piperidine rings is 2. The van der Waals surface area contributed by atoms with E-state index in [1.807, 2.05) is 0 Å². The maximum atomic E-state index is 5.70. The minimum absolute atomic E-state index is 0.363. The maximum absolute atomic E-state index is 5.70. The van der Waals surface area contributed by atoms with E-state index in [1.54, 1.807) is 0 Å². The average Bonchev–Trinajstić information content (AvgIpc) is 2.88. The predicted octanol–water partition coefficient (Wildman–Crippen LogP) is 1.03. The van der Waals surface area contributed by atoms with E-state index in [4.69, 9.17) is 4.74 Å². The molecule has 3 saturated heterocycles. The molecular weight excluding hydrogens is 250 g/mol. The number of rotatable bonds is 4. The topological polar surface area (TPSA) is 27.7 Å². The van der Waals surface area contributed by atoms with Gasteiger partial charge in [-0.1, -0.05) is 0 Å². The minimum atomic E-state index is 0.363. The third-order valence-electron chi connectivity index (χ3n) is 5.73. The van der Waals surface area contributed by atoms with Crippen LogP contribution in [-0.4, -0.2) is 75.9 Å². The highest BCUT2D eigenvalue weighted by Gasteiger charge is 2.40. The molecule has 0 amide bonds. The maximum Gasteiger partial charge on any atom is 0.0547 e. The normalized spacial score (nSPS) is 39.9. The number of ether oxygens (including phenoxy) is 1. The lowest BCUT2D eigenvalue weighted by atomic mass is 9.81. The molecular formula is C16H31N3O. The molecule has 116 valence electrons. The lowest BCUT2D eigenvalue weighted by molar-refractivity contribution is 0.0166. The second-order valence-electron chi connectivity index (χ2n) is 7.31. The fraction of sp³-hybridized carbons (Fsp3) is 1.00. The predicted molar refractivity (Wildman–Crippen MR) is 82.0 cm³/mol. The Kier molecular flexibility index (Phi) is 4.65. The van der Waals surface area contributed by atoms with Gasteiger partial charge < -0.3 is 19.9 Å². The molecule has 3 atom stereocenters. The Morgan fingerprint density at radius 3 is 2.95 bits per heavy atom. The molecule has 3 unspecified atom stereocenters. The molecule has 4 heteroatoms. The van der Waals surface area contributed by atoms with Gasteiger partial charge in [0.15, 0.2) is 0 Å². The third-order valence-corrected chi connectivity index (χ3v) is 5.73. The Bertz CT molecular complexity index is 317. The van der Waals surface area contributed by atoms with Crippen LogP contribution in [0.3, 0.4) is 0 Å². The zero-order chi connectivity index (χ0) is 14.0. The number of hydrogen-bond donors (Lipinski definition) is 1. The van der Waals surface area contributed by atoms with Gasteiger partial charge in [-0.05, 0) is 58.8 Å². The Morgan fingerprint density at radius 1 is 1.30 bits per heavy atom. The van der Waals surface area contributed by atoms with Crippen molar-refractivity contribution in [1.29, 1.82) is 0 Å². The smallest absolute Gasteiger partial charge is 0.0547 e. The summed E-state index contributed by atoms with van der Waals surface area (Å²) in [7, 11) is 4.39. The molecule has 0 aromatic carbocycles. The van der Waals surface area contributed by atoms with Crippen molar-refractivity contribution in [3.05, 3.63) is 0 Å². The van der Waals surface area contributed by atoms with Gasteiger partial charge in [-0.2, -0.15) is 0 Å². The summed E-state index contributed by atoms with van der Waals surface area (Å²) in [6.07, 6.45) is 5.40. The molecule has 4 nitrogen and oxygen atoms in total. The molecule has 3 rings (SSSR count). The van der Waals surface area contributed by atoms with E-state index in [-0.39, 0.29) is 0 Å². The van der Waals surface area contributed by atoms with E-state index in [0.29, 0.717) is 5.41 Å². The van der Waals surface area contributed by atoms with Crippen molar-refractivity contribution in [1.82, 2.24) is 15.1 Å². The molecule has 0 bridgehead atoms. The number of fused-ring (bicyclic) bond motifs is 1. The number of likely N-dealkylation sites (tertiary alicyclic amines) is 2. The highest BCUT2D eigenvalue weighted by molar-refractivity contribution is 4.93. The molecule has 0 spiro atoms. The largest absolute Gasteiger partial charge is 0.381 e. The van der Waals surface area contributed by atoms with E-state index in [0.717, 1.165) is 31.7 Å². The standard InChI is InChI=1S/C16H31N3O/c1-17-11-16(6-9-20-13-16)12-19-8-5-15-14(10-19)4-3-7-18(15)2/h14-15,17H,3-13H2,1-2H3. The third kappa shape index (κ3) is 3.03. The van der Waals surface area contributed by atoms with Crippen molar-refractivity contribution < 1.29 is 4.74 Å². The van der Waals surface area contributed by atoms with E-state index >= 15 is 0 Å². The van der Waals surface area contributed by atoms with Crippen molar-refractivity contribution in [3.63, 3.8) is 0 Å². The molecule has 1 N–H and O–H groups in total. The Morgan fingerprint density at radius 2 is 2.20 bits per heavy atom. The Labute approximate surface area is 123 Å². The van der Waals surface area contributed by atoms with Crippen LogP contribution in [0.15, 0.2) is 0 Å². The van der Waals surface area contributed by atoms with E-state index < -0.39 is 0 Å². The van der Waals surface area contributed by atoms with Crippen LogP contribution in [0.5, 0.6) is 0 Å². The van der Waals surface area contributed by atoms with Gasteiger partial charge in [0.25, 0.3) is 0 Å². The molecule has 20 heavy (non-hydrogen) atoms. The molecule has 3 aliphatic heterocycles. The number of nitrogens with zero attached hydrogens (tertiary/aromatic N) is 2.